The predicted molar refractivity (Wildman–Crippen MR) is 108 cm³/mol. The summed E-state index contributed by atoms with van der Waals surface area (Å²) in [6.45, 7) is 0. The molecule has 0 unspecified atom stereocenters. The number of benzene rings is 3. The van der Waals surface area contributed by atoms with Gasteiger partial charge < -0.3 is 10.2 Å². The second kappa shape index (κ2) is 7.39. The summed E-state index contributed by atoms with van der Waals surface area (Å²) < 4.78 is 1.67. The maximum absolute atomic E-state index is 10.5. The van der Waals surface area contributed by atoms with Crippen LogP contribution in [0.2, 0.25) is 5.02 Å². The number of aromatic hydroxyl groups is 2. The third-order valence-corrected chi connectivity index (χ3v) is 5.42. The number of phenols is 2. The van der Waals surface area contributed by atoms with Gasteiger partial charge in [-0.15, -0.1) is 0 Å². The van der Waals surface area contributed by atoms with Crippen molar-refractivity contribution in [3.63, 3.8) is 0 Å². The molecule has 0 aliphatic carbocycles. The molecule has 0 saturated heterocycles. The molecule has 0 aliphatic rings. The second-order valence-electron chi connectivity index (χ2n) is 5.83. The van der Waals surface area contributed by atoms with Crippen LogP contribution >= 0.6 is 23.4 Å². The molecule has 0 bridgehead atoms. The molecule has 4 rings (SSSR count). The highest BCUT2D eigenvalue weighted by Crippen LogP contribution is 2.42. The summed E-state index contributed by atoms with van der Waals surface area (Å²) in [7, 11) is 0. The Balaban J connectivity index is 1.81. The van der Waals surface area contributed by atoms with Crippen LogP contribution in [0.5, 0.6) is 11.5 Å². The normalized spacial score (nSPS) is 10.9. The Hall–Kier alpha value is -2.89. The van der Waals surface area contributed by atoms with E-state index in [9.17, 15) is 10.2 Å². The molecule has 0 radical (unpaired) electrons. The van der Waals surface area contributed by atoms with E-state index in [1.54, 1.807) is 29.1 Å². The van der Waals surface area contributed by atoms with E-state index >= 15 is 0 Å². The van der Waals surface area contributed by atoms with E-state index in [-0.39, 0.29) is 11.5 Å². The van der Waals surface area contributed by atoms with Crippen molar-refractivity contribution in [1.82, 2.24) is 9.78 Å². The zero-order valence-corrected chi connectivity index (χ0v) is 15.7. The summed E-state index contributed by atoms with van der Waals surface area (Å²) in [4.78, 5) is 1.63. The van der Waals surface area contributed by atoms with Crippen molar-refractivity contribution < 1.29 is 10.2 Å². The highest BCUT2D eigenvalue weighted by molar-refractivity contribution is 7.99. The van der Waals surface area contributed by atoms with Gasteiger partial charge in [0.15, 0.2) is 0 Å². The van der Waals surface area contributed by atoms with Gasteiger partial charge in [-0.1, -0.05) is 53.7 Å². The highest BCUT2D eigenvalue weighted by Gasteiger charge is 2.17. The van der Waals surface area contributed by atoms with E-state index in [0.29, 0.717) is 26.9 Å². The van der Waals surface area contributed by atoms with Crippen molar-refractivity contribution >= 4 is 23.4 Å². The van der Waals surface area contributed by atoms with Gasteiger partial charge in [0.1, 0.15) is 11.5 Å². The third kappa shape index (κ3) is 3.52. The fourth-order valence-corrected chi connectivity index (χ4v) is 3.89. The molecule has 4 aromatic rings. The molecule has 0 fully saturated rings. The van der Waals surface area contributed by atoms with Crippen molar-refractivity contribution in [2.75, 3.05) is 0 Å². The van der Waals surface area contributed by atoms with Crippen molar-refractivity contribution in [1.29, 1.82) is 0 Å². The average Bonchev–Trinajstić information content (AvgIpc) is 3.14. The molecule has 0 aliphatic heterocycles. The van der Waals surface area contributed by atoms with E-state index < -0.39 is 0 Å². The van der Waals surface area contributed by atoms with Crippen molar-refractivity contribution in [2.24, 2.45) is 0 Å². The fraction of sp³-hybridized carbons (Fsp3) is 0. The summed E-state index contributed by atoms with van der Waals surface area (Å²) in [5.74, 6) is -0.00683. The summed E-state index contributed by atoms with van der Waals surface area (Å²) in [6, 6.07) is 22.0. The maximum Gasteiger partial charge on any atom is 0.133 e. The number of rotatable bonds is 4. The van der Waals surface area contributed by atoms with Crippen LogP contribution in [-0.4, -0.2) is 20.0 Å². The highest BCUT2D eigenvalue weighted by atomic mass is 35.5. The Morgan fingerprint density at radius 1 is 0.852 bits per heavy atom. The van der Waals surface area contributed by atoms with Gasteiger partial charge in [-0.3, -0.25) is 0 Å². The first-order chi connectivity index (χ1) is 13.1. The van der Waals surface area contributed by atoms with Crippen molar-refractivity contribution in [3.05, 3.63) is 84.0 Å². The largest absolute Gasteiger partial charge is 0.507 e. The van der Waals surface area contributed by atoms with Gasteiger partial charge in [0.2, 0.25) is 0 Å². The molecule has 134 valence electrons. The lowest BCUT2D eigenvalue weighted by atomic mass is 10.1. The van der Waals surface area contributed by atoms with Gasteiger partial charge in [-0.05, 0) is 36.4 Å². The predicted octanol–water partition coefficient (Wildman–Crippen LogP) is 5.76. The maximum atomic E-state index is 10.5. The van der Waals surface area contributed by atoms with Gasteiger partial charge in [-0.25, -0.2) is 4.68 Å². The summed E-state index contributed by atoms with van der Waals surface area (Å²) in [6.07, 6.45) is 1.65. The average molecular weight is 395 g/mol. The molecule has 0 saturated carbocycles. The van der Waals surface area contributed by atoms with E-state index in [4.69, 9.17) is 11.6 Å². The molecule has 1 heterocycles. The SMILES string of the molecule is Oc1cc(O)c(-c2ccnn2-c2ccccc2Cl)cc1Sc1ccccc1. The van der Waals surface area contributed by atoms with Crippen LogP contribution in [0.25, 0.3) is 16.9 Å². The number of aromatic nitrogens is 2. The zero-order valence-electron chi connectivity index (χ0n) is 14.1. The lowest BCUT2D eigenvalue weighted by Crippen LogP contribution is -2.00. The minimum Gasteiger partial charge on any atom is -0.507 e. The Labute approximate surface area is 165 Å². The lowest BCUT2D eigenvalue weighted by molar-refractivity contribution is 0.443. The smallest absolute Gasteiger partial charge is 0.133 e. The fourth-order valence-electron chi connectivity index (χ4n) is 2.78. The summed E-state index contributed by atoms with van der Waals surface area (Å²) >= 11 is 7.73. The Morgan fingerprint density at radius 2 is 1.59 bits per heavy atom. The number of phenolic OH excluding ortho intramolecular Hbond substituents is 2. The molecular formula is C21H15ClN2O2S. The Morgan fingerprint density at radius 3 is 2.37 bits per heavy atom. The summed E-state index contributed by atoms with van der Waals surface area (Å²) in [5.41, 5.74) is 1.95. The molecule has 6 heteroatoms. The Kier molecular flexibility index (Phi) is 4.79. The van der Waals surface area contributed by atoms with Gasteiger partial charge in [0, 0.05) is 16.5 Å². The van der Waals surface area contributed by atoms with Gasteiger partial charge in [0.05, 0.1) is 27.5 Å². The minimum absolute atomic E-state index is 0.0221. The number of para-hydroxylation sites is 1. The standard InChI is InChI=1S/C21H15ClN2O2S/c22-16-8-4-5-9-18(16)24-17(10-11-23-24)15-12-21(20(26)13-19(15)25)27-14-6-2-1-3-7-14/h1-13,25-26H. The van der Waals surface area contributed by atoms with Crippen LogP contribution in [0.1, 0.15) is 0 Å². The van der Waals surface area contributed by atoms with E-state index in [2.05, 4.69) is 5.10 Å². The summed E-state index contributed by atoms with van der Waals surface area (Å²) in [5, 5.41) is 25.6. The zero-order chi connectivity index (χ0) is 18.8. The van der Waals surface area contributed by atoms with Crippen LogP contribution in [0, 0.1) is 0 Å². The van der Waals surface area contributed by atoms with Gasteiger partial charge in [0.25, 0.3) is 0 Å². The first-order valence-corrected chi connectivity index (χ1v) is 9.41. The molecule has 0 spiro atoms. The van der Waals surface area contributed by atoms with Crippen LogP contribution in [0.4, 0.5) is 0 Å². The molecule has 0 amide bonds. The number of hydrogen-bond acceptors (Lipinski definition) is 4. The van der Waals surface area contributed by atoms with Crippen LogP contribution in [0.3, 0.4) is 0 Å². The Bertz CT molecular complexity index is 1100. The third-order valence-electron chi connectivity index (χ3n) is 4.05. The molecule has 1 aromatic heterocycles. The van der Waals surface area contributed by atoms with Gasteiger partial charge in [-0.2, -0.15) is 5.10 Å². The van der Waals surface area contributed by atoms with Crippen molar-refractivity contribution in [3.8, 4) is 28.4 Å². The van der Waals surface area contributed by atoms with Crippen molar-refractivity contribution in [2.45, 2.75) is 9.79 Å². The van der Waals surface area contributed by atoms with E-state index in [1.807, 2.05) is 48.5 Å². The van der Waals surface area contributed by atoms with E-state index in [0.717, 1.165) is 4.90 Å². The lowest BCUT2D eigenvalue weighted by Gasteiger charge is -2.13. The van der Waals surface area contributed by atoms with Crippen LogP contribution in [0.15, 0.2) is 88.8 Å². The van der Waals surface area contributed by atoms with E-state index in [1.165, 1.54) is 17.8 Å². The molecule has 3 aromatic carbocycles. The topological polar surface area (TPSA) is 58.3 Å². The molecular weight excluding hydrogens is 380 g/mol. The quantitative estimate of drug-likeness (QED) is 0.462. The molecule has 27 heavy (non-hydrogen) atoms. The second-order valence-corrected chi connectivity index (χ2v) is 7.35. The van der Waals surface area contributed by atoms with Crippen LogP contribution in [-0.2, 0) is 0 Å². The molecule has 0 atom stereocenters. The molecule has 4 nitrogen and oxygen atoms in total. The number of halogens is 1. The number of hydrogen-bond donors (Lipinski definition) is 2. The number of nitrogens with zero attached hydrogens (tertiary/aromatic N) is 2. The monoisotopic (exact) mass is 394 g/mol. The first kappa shape index (κ1) is 17.5. The first-order valence-electron chi connectivity index (χ1n) is 8.21. The minimum atomic E-state index is -0.0290. The molecule has 2 N–H and O–H groups in total. The van der Waals surface area contributed by atoms with Crippen LogP contribution < -0.4 is 0 Å². The van der Waals surface area contributed by atoms with Gasteiger partial charge >= 0.3 is 0 Å².